The molecule has 11 atom stereocenters. The first-order valence-corrected chi connectivity index (χ1v) is 22.0. The second kappa shape index (κ2) is 13.5. The molecule has 0 heterocycles. The Bertz CT molecular complexity index is 1540. The van der Waals surface area contributed by atoms with Crippen molar-refractivity contribution in [2.24, 2.45) is 81.2 Å². The van der Waals surface area contributed by atoms with E-state index in [4.69, 9.17) is 16.4 Å². The standard InChI is InChI=1S/C18H27NO3S.C10H15ClO3S.C8H13N.CH4/c1-17(2)15-5-6-18(17,16(20)9-15)11-23(21,22)19-10-14-8-12-3-4-13(14)7-12;1-10(2)7-3-6(5-15(11,13)14)9(10)8(12)4-7;9-5-8-4-6-1-2-7(8)3-6;/h3-4,12-15,19H,5-11H2,1-2H3;6-7,9H,3-5H2,1-2H3;1-2,6-8H,3-5,9H2;1H4. The zero-order valence-corrected chi connectivity index (χ0v) is 30.9. The summed E-state index contributed by atoms with van der Waals surface area (Å²) in [4.78, 5) is 24.2. The first-order chi connectivity index (χ1) is 21.8. The predicted molar refractivity (Wildman–Crippen MR) is 192 cm³/mol. The Morgan fingerprint density at radius 1 is 0.833 bits per heavy atom. The van der Waals surface area contributed by atoms with Crippen LogP contribution in [0.2, 0.25) is 0 Å². The third-order valence-corrected chi connectivity index (χ3v) is 17.1. The third-order valence-electron chi connectivity index (χ3n) is 14.4. The van der Waals surface area contributed by atoms with Gasteiger partial charge in [-0.2, -0.15) is 0 Å². The number of Topliss-reactive ketones (excluding diaryl/α,β-unsaturated/α-hetero) is 2. The summed E-state index contributed by atoms with van der Waals surface area (Å²) in [6, 6.07) is 0. The van der Waals surface area contributed by atoms with Crippen LogP contribution in [0.4, 0.5) is 0 Å². The van der Waals surface area contributed by atoms with E-state index in [-0.39, 0.29) is 53.2 Å². The van der Waals surface area contributed by atoms with Gasteiger partial charge in [0.2, 0.25) is 19.1 Å². The van der Waals surface area contributed by atoms with Crippen molar-refractivity contribution in [2.45, 2.75) is 92.9 Å². The molecule has 0 amide bonds. The summed E-state index contributed by atoms with van der Waals surface area (Å²) >= 11 is 0. The number of halogens is 1. The number of carbonyl (C=O) groups excluding carboxylic acids is 2. The summed E-state index contributed by atoms with van der Waals surface area (Å²) in [6.45, 7) is 9.73. The number of fused-ring (bicyclic) bond motifs is 8. The van der Waals surface area contributed by atoms with Gasteiger partial charge in [0, 0.05) is 41.4 Å². The summed E-state index contributed by atoms with van der Waals surface area (Å²) < 4.78 is 50.3. The number of hydrogen-bond donors (Lipinski definition) is 2. The van der Waals surface area contributed by atoms with Crippen LogP contribution in [0.15, 0.2) is 24.3 Å². The van der Waals surface area contributed by atoms with Gasteiger partial charge in [0.15, 0.2) is 0 Å². The van der Waals surface area contributed by atoms with Crippen LogP contribution in [0.5, 0.6) is 0 Å². The molecule has 8 nitrogen and oxygen atoms in total. The molecule has 0 aromatic carbocycles. The molecule has 6 saturated carbocycles. The lowest BCUT2D eigenvalue weighted by Gasteiger charge is -2.36. The minimum atomic E-state index is -3.48. The van der Waals surface area contributed by atoms with Crippen LogP contribution in [-0.2, 0) is 28.7 Å². The maximum Gasteiger partial charge on any atom is 0.232 e. The fraction of sp³-hybridized carbons (Fsp3) is 0.838. The summed E-state index contributed by atoms with van der Waals surface area (Å²) in [5, 5.41) is 0. The highest BCUT2D eigenvalue weighted by Crippen LogP contribution is 2.64. The molecule has 0 spiro atoms. The number of sulfonamides is 1. The zero-order chi connectivity index (χ0) is 34.2. The molecule has 8 rings (SSSR count). The first-order valence-electron chi connectivity index (χ1n) is 17.9. The van der Waals surface area contributed by atoms with Crippen LogP contribution >= 0.6 is 10.7 Å². The molecular formula is C37H59ClN2O6S2. The number of hydrogen-bond acceptors (Lipinski definition) is 7. The molecule has 0 saturated heterocycles. The van der Waals surface area contributed by atoms with Gasteiger partial charge in [-0.25, -0.2) is 21.6 Å². The summed E-state index contributed by atoms with van der Waals surface area (Å²) in [5.41, 5.74) is 4.71. The molecule has 8 bridgehead atoms. The largest absolute Gasteiger partial charge is 0.330 e. The van der Waals surface area contributed by atoms with Crippen molar-refractivity contribution in [1.29, 1.82) is 0 Å². The smallest absolute Gasteiger partial charge is 0.232 e. The monoisotopic (exact) mass is 726 g/mol. The van der Waals surface area contributed by atoms with Gasteiger partial charge in [-0.05, 0) is 116 Å². The molecule has 8 aliphatic rings. The van der Waals surface area contributed by atoms with Crippen molar-refractivity contribution in [3.05, 3.63) is 24.3 Å². The molecule has 272 valence electrons. The summed E-state index contributed by atoms with van der Waals surface area (Å²) in [5.74, 6) is 5.06. The van der Waals surface area contributed by atoms with Gasteiger partial charge in [-0.1, -0.05) is 59.4 Å². The van der Waals surface area contributed by atoms with E-state index in [9.17, 15) is 26.4 Å². The maximum atomic E-state index is 12.7. The van der Waals surface area contributed by atoms with E-state index in [2.05, 4.69) is 56.7 Å². The van der Waals surface area contributed by atoms with Crippen LogP contribution in [0, 0.1) is 75.4 Å². The van der Waals surface area contributed by atoms with Crippen molar-refractivity contribution in [3.63, 3.8) is 0 Å². The molecule has 0 aromatic heterocycles. The molecule has 8 aliphatic carbocycles. The Morgan fingerprint density at radius 2 is 1.44 bits per heavy atom. The van der Waals surface area contributed by atoms with Crippen molar-refractivity contribution < 1.29 is 26.4 Å². The third kappa shape index (κ3) is 7.05. The topological polar surface area (TPSA) is 140 Å². The molecule has 11 unspecified atom stereocenters. The number of rotatable bonds is 8. The molecular weight excluding hydrogens is 668 g/mol. The van der Waals surface area contributed by atoms with Crippen molar-refractivity contribution >= 4 is 41.3 Å². The first kappa shape index (κ1) is 38.2. The van der Waals surface area contributed by atoms with E-state index in [0.717, 1.165) is 50.0 Å². The molecule has 11 heteroatoms. The van der Waals surface area contributed by atoms with Gasteiger partial charge in [0.05, 0.1) is 11.5 Å². The highest BCUT2D eigenvalue weighted by molar-refractivity contribution is 8.13. The van der Waals surface area contributed by atoms with E-state index in [1.165, 1.54) is 19.3 Å². The van der Waals surface area contributed by atoms with Gasteiger partial charge >= 0.3 is 0 Å². The number of carbonyl (C=O) groups is 2. The Morgan fingerprint density at radius 3 is 1.83 bits per heavy atom. The number of nitrogens with two attached hydrogens (primary N) is 1. The van der Waals surface area contributed by atoms with Gasteiger partial charge in [-0.15, -0.1) is 0 Å². The van der Waals surface area contributed by atoms with E-state index >= 15 is 0 Å². The highest BCUT2D eigenvalue weighted by Gasteiger charge is 2.65. The fourth-order valence-corrected chi connectivity index (χ4v) is 14.7. The maximum absolute atomic E-state index is 12.7. The summed E-state index contributed by atoms with van der Waals surface area (Å²) in [6.07, 6.45) is 18.0. The van der Waals surface area contributed by atoms with E-state index < -0.39 is 24.5 Å². The second-order valence-corrected chi connectivity index (χ2v) is 22.1. The van der Waals surface area contributed by atoms with Gasteiger partial charge < -0.3 is 5.73 Å². The molecule has 3 N–H and O–H groups in total. The quantitative estimate of drug-likeness (QED) is 0.227. The van der Waals surface area contributed by atoms with Crippen molar-refractivity contribution in [2.75, 3.05) is 24.6 Å². The fourth-order valence-electron chi connectivity index (χ4n) is 11.5. The van der Waals surface area contributed by atoms with Crippen LogP contribution in [0.3, 0.4) is 0 Å². The van der Waals surface area contributed by atoms with E-state index in [1.807, 2.05) is 0 Å². The Hall–Kier alpha value is -1.07. The van der Waals surface area contributed by atoms with Crippen molar-refractivity contribution in [1.82, 2.24) is 4.72 Å². The Labute approximate surface area is 294 Å². The number of nitrogens with one attached hydrogen (secondary N) is 1. The van der Waals surface area contributed by atoms with E-state index in [1.54, 1.807) is 0 Å². The lowest BCUT2D eigenvalue weighted by atomic mass is 9.70. The van der Waals surface area contributed by atoms with Crippen molar-refractivity contribution in [3.8, 4) is 0 Å². The molecule has 48 heavy (non-hydrogen) atoms. The van der Waals surface area contributed by atoms with Crippen LogP contribution in [0.25, 0.3) is 0 Å². The molecule has 0 aliphatic heterocycles. The van der Waals surface area contributed by atoms with Crippen LogP contribution in [-0.4, -0.2) is 53.0 Å². The van der Waals surface area contributed by atoms with Crippen LogP contribution in [0.1, 0.15) is 92.9 Å². The Kier molecular flexibility index (Phi) is 10.7. The van der Waals surface area contributed by atoms with Gasteiger partial charge in [-0.3, -0.25) is 9.59 Å². The second-order valence-electron chi connectivity index (χ2n) is 17.5. The summed E-state index contributed by atoms with van der Waals surface area (Å²) in [7, 11) is -1.64. The highest BCUT2D eigenvalue weighted by atomic mass is 35.7. The normalized spacial score (nSPS) is 41.7. The van der Waals surface area contributed by atoms with Gasteiger partial charge in [0.25, 0.3) is 0 Å². The lowest BCUT2D eigenvalue weighted by molar-refractivity contribution is -0.128. The minimum Gasteiger partial charge on any atom is -0.330 e. The average molecular weight is 727 g/mol. The molecule has 0 aromatic rings. The van der Waals surface area contributed by atoms with Gasteiger partial charge in [0.1, 0.15) is 11.6 Å². The SMILES string of the molecule is C.CC1(C)C2CC(=O)C1C(CS(=O)(=O)Cl)C2.CC1(C)C2CCC1(CS(=O)(=O)NCC1CC3C=CC1C3)C(=O)C2.NCC1CC2C=CC1C2. The van der Waals surface area contributed by atoms with Crippen LogP contribution < -0.4 is 10.5 Å². The number of allylic oxidation sites excluding steroid dienone is 4. The minimum absolute atomic E-state index is 0. The van der Waals surface area contributed by atoms with E-state index in [0.29, 0.717) is 49.0 Å². The molecule has 0 radical (unpaired) electrons. The number of ketones is 2. The average Bonchev–Trinajstić information content (AvgIpc) is 3.84. The zero-order valence-electron chi connectivity index (χ0n) is 28.5. The molecule has 6 fully saturated rings. The predicted octanol–water partition coefficient (Wildman–Crippen LogP) is 6.11. The Balaban J connectivity index is 0.000000154. The lowest BCUT2D eigenvalue weighted by Crippen LogP contribution is -2.46.